The van der Waals surface area contributed by atoms with E-state index in [9.17, 15) is 9.18 Å². The van der Waals surface area contributed by atoms with Crippen molar-refractivity contribution in [2.75, 3.05) is 0 Å². The van der Waals surface area contributed by atoms with Gasteiger partial charge in [-0.15, -0.1) is 10.2 Å². The molecule has 0 fully saturated rings. The summed E-state index contributed by atoms with van der Waals surface area (Å²) in [6.45, 7) is 0.145. The molecule has 0 saturated heterocycles. The molecule has 0 unspecified atom stereocenters. The van der Waals surface area contributed by atoms with Crippen molar-refractivity contribution in [1.29, 1.82) is 0 Å². The van der Waals surface area contributed by atoms with Gasteiger partial charge in [0.2, 0.25) is 0 Å². The van der Waals surface area contributed by atoms with Crippen molar-refractivity contribution in [3.05, 3.63) is 41.5 Å². The maximum Gasteiger partial charge on any atom is 0.251 e. The Bertz CT molecular complexity index is 484. The molecular formula is C9H8FN5O. The van der Waals surface area contributed by atoms with Crippen molar-refractivity contribution in [3.8, 4) is 0 Å². The summed E-state index contributed by atoms with van der Waals surface area (Å²) < 4.78 is 12.8. The number of hydrogen-bond donors (Lipinski definition) is 2. The molecule has 0 bridgehead atoms. The molecule has 1 aromatic heterocycles. The maximum atomic E-state index is 12.8. The number of carbonyl (C=O) groups excluding carboxylic acids is 1. The predicted octanol–water partition coefficient (Wildman–Crippen LogP) is 0.269. The van der Waals surface area contributed by atoms with Crippen molar-refractivity contribution in [3.63, 3.8) is 0 Å². The van der Waals surface area contributed by atoms with Crippen LogP contribution in [0, 0.1) is 5.82 Å². The monoisotopic (exact) mass is 221 g/mol. The van der Waals surface area contributed by atoms with Crippen molar-refractivity contribution >= 4 is 5.91 Å². The lowest BCUT2D eigenvalue weighted by Crippen LogP contribution is -2.23. The number of nitrogens with zero attached hydrogens (tertiary/aromatic N) is 3. The van der Waals surface area contributed by atoms with E-state index in [0.717, 1.165) is 6.07 Å². The van der Waals surface area contributed by atoms with Crippen LogP contribution in [-0.4, -0.2) is 26.5 Å². The zero-order chi connectivity index (χ0) is 11.4. The van der Waals surface area contributed by atoms with Gasteiger partial charge in [0.15, 0.2) is 5.82 Å². The molecule has 0 aliphatic carbocycles. The highest BCUT2D eigenvalue weighted by Gasteiger charge is 2.07. The molecule has 2 N–H and O–H groups in total. The minimum Gasteiger partial charge on any atom is -0.345 e. The van der Waals surface area contributed by atoms with Crippen LogP contribution < -0.4 is 5.32 Å². The summed E-state index contributed by atoms with van der Waals surface area (Å²) in [5.41, 5.74) is 0.253. The van der Waals surface area contributed by atoms with Crippen molar-refractivity contribution in [2.24, 2.45) is 0 Å². The lowest BCUT2D eigenvalue weighted by atomic mass is 10.2. The molecule has 2 aromatic rings. The third-order valence-electron chi connectivity index (χ3n) is 1.88. The van der Waals surface area contributed by atoms with E-state index < -0.39 is 5.82 Å². The summed E-state index contributed by atoms with van der Waals surface area (Å²) in [5.74, 6) is -0.471. The highest BCUT2D eigenvalue weighted by molar-refractivity contribution is 5.94. The number of benzene rings is 1. The van der Waals surface area contributed by atoms with Gasteiger partial charge in [0.05, 0.1) is 6.54 Å². The minimum atomic E-state index is -0.452. The first-order valence-electron chi connectivity index (χ1n) is 4.52. The van der Waals surface area contributed by atoms with E-state index in [1.807, 2.05) is 0 Å². The molecule has 7 heteroatoms. The molecule has 0 spiro atoms. The zero-order valence-electron chi connectivity index (χ0n) is 8.14. The molecular weight excluding hydrogens is 213 g/mol. The van der Waals surface area contributed by atoms with Gasteiger partial charge in [0.25, 0.3) is 5.91 Å². The van der Waals surface area contributed by atoms with Gasteiger partial charge in [-0.2, -0.15) is 5.21 Å². The number of aromatic amines is 1. The Hall–Kier alpha value is -2.31. The molecule has 0 radical (unpaired) electrons. The molecule has 16 heavy (non-hydrogen) atoms. The third kappa shape index (κ3) is 2.38. The number of carbonyl (C=O) groups is 1. The second-order valence-corrected chi connectivity index (χ2v) is 3.02. The zero-order valence-corrected chi connectivity index (χ0v) is 8.14. The fourth-order valence-electron chi connectivity index (χ4n) is 1.15. The standard InChI is InChI=1S/C9H8FN5O/c10-7-3-1-2-6(4-7)9(16)11-5-8-12-14-15-13-8/h1-4H,5H2,(H,11,16)(H,12,13,14,15). The molecule has 6 nitrogen and oxygen atoms in total. The maximum absolute atomic E-state index is 12.8. The van der Waals surface area contributed by atoms with Gasteiger partial charge >= 0.3 is 0 Å². The highest BCUT2D eigenvalue weighted by Crippen LogP contribution is 2.03. The van der Waals surface area contributed by atoms with Gasteiger partial charge in [-0.1, -0.05) is 11.3 Å². The number of tetrazole rings is 1. The Kier molecular flexibility index (Phi) is 2.86. The van der Waals surface area contributed by atoms with Crippen LogP contribution in [0.1, 0.15) is 16.2 Å². The van der Waals surface area contributed by atoms with E-state index in [1.54, 1.807) is 0 Å². The van der Waals surface area contributed by atoms with Crippen LogP contribution in [-0.2, 0) is 6.54 Å². The molecule has 0 aliphatic heterocycles. The summed E-state index contributed by atoms with van der Waals surface area (Å²) in [7, 11) is 0. The van der Waals surface area contributed by atoms with Crippen LogP contribution in [0.4, 0.5) is 4.39 Å². The van der Waals surface area contributed by atoms with Crippen molar-refractivity contribution in [1.82, 2.24) is 25.9 Å². The van der Waals surface area contributed by atoms with E-state index in [1.165, 1.54) is 18.2 Å². The summed E-state index contributed by atoms with van der Waals surface area (Å²) in [6, 6.07) is 5.43. The van der Waals surface area contributed by atoms with E-state index in [0.29, 0.717) is 5.82 Å². The van der Waals surface area contributed by atoms with Gasteiger partial charge in [0, 0.05) is 5.56 Å². The van der Waals surface area contributed by atoms with E-state index in [-0.39, 0.29) is 18.0 Å². The van der Waals surface area contributed by atoms with E-state index >= 15 is 0 Å². The predicted molar refractivity (Wildman–Crippen MR) is 51.7 cm³/mol. The quantitative estimate of drug-likeness (QED) is 0.779. The summed E-state index contributed by atoms with van der Waals surface area (Å²) in [4.78, 5) is 11.5. The van der Waals surface area contributed by atoms with Crippen molar-refractivity contribution < 1.29 is 9.18 Å². The van der Waals surface area contributed by atoms with Gasteiger partial charge in [-0.25, -0.2) is 4.39 Å². The fraction of sp³-hybridized carbons (Fsp3) is 0.111. The summed E-state index contributed by atoms with van der Waals surface area (Å²) in [5, 5.41) is 15.5. The largest absolute Gasteiger partial charge is 0.345 e. The first-order valence-corrected chi connectivity index (χ1v) is 4.52. The normalized spacial score (nSPS) is 10.1. The number of halogens is 1. The number of hydrogen-bond acceptors (Lipinski definition) is 4. The molecule has 1 aromatic carbocycles. The van der Waals surface area contributed by atoms with Crippen LogP contribution in [0.3, 0.4) is 0 Å². The van der Waals surface area contributed by atoms with Crippen LogP contribution in [0.2, 0.25) is 0 Å². The average molecular weight is 221 g/mol. The highest BCUT2D eigenvalue weighted by atomic mass is 19.1. The van der Waals surface area contributed by atoms with Crippen molar-refractivity contribution in [2.45, 2.75) is 6.54 Å². The Labute approximate surface area is 89.9 Å². The third-order valence-corrected chi connectivity index (χ3v) is 1.88. The Balaban J connectivity index is 1.98. The van der Waals surface area contributed by atoms with Crippen LogP contribution in [0.15, 0.2) is 24.3 Å². The van der Waals surface area contributed by atoms with Gasteiger partial charge in [-0.3, -0.25) is 4.79 Å². The SMILES string of the molecule is O=C(NCc1nn[nH]n1)c1cccc(F)c1. The Morgan fingerprint density at radius 1 is 1.50 bits per heavy atom. The number of aromatic nitrogens is 4. The molecule has 0 saturated carbocycles. The number of rotatable bonds is 3. The van der Waals surface area contributed by atoms with E-state index in [2.05, 4.69) is 25.9 Å². The Morgan fingerprint density at radius 2 is 2.38 bits per heavy atom. The summed E-state index contributed by atoms with van der Waals surface area (Å²) >= 11 is 0. The average Bonchev–Trinajstić information content (AvgIpc) is 2.78. The number of nitrogens with one attached hydrogen (secondary N) is 2. The van der Waals surface area contributed by atoms with Gasteiger partial charge < -0.3 is 5.32 Å². The van der Waals surface area contributed by atoms with Crippen LogP contribution in [0.5, 0.6) is 0 Å². The molecule has 0 aliphatic rings. The molecule has 0 atom stereocenters. The fourth-order valence-corrected chi connectivity index (χ4v) is 1.15. The van der Waals surface area contributed by atoms with Gasteiger partial charge in [0.1, 0.15) is 5.82 Å². The number of H-pyrrole nitrogens is 1. The molecule has 1 amide bonds. The first kappa shape index (κ1) is 10.2. The molecule has 82 valence electrons. The smallest absolute Gasteiger partial charge is 0.251 e. The second-order valence-electron chi connectivity index (χ2n) is 3.02. The number of amides is 1. The lowest BCUT2D eigenvalue weighted by Gasteiger charge is -2.01. The first-order chi connectivity index (χ1) is 7.75. The summed E-state index contributed by atoms with van der Waals surface area (Å²) in [6.07, 6.45) is 0. The lowest BCUT2D eigenvalue weighted by molar-refractivity contribution is 0.0949. The molecule has 1 heterocycles. The Morgan fingerprint density at radius 3 is 3.06 bits per heavy atom. The second kappa shape index (κ2) is 4.47. The van der Waals surface area contributed by atoms with Crippen LogP contribution >= 0.6 is 0 Å². The minimum absolute atomic E-state index is 0.145. The van der Waals surface area contributed by atoms with E-state index in [4.69, 9.17) is 0 Å². The topological polar surface area (TPSA) is 83.6 Å². The van der Waals surface area contributed by atoms with Gasteiger partial charge in [-0.05, 0) is 18.2 Å². The molecule has 2 rings (SSSR count). The van der Waals surface area contributed by atoms with Crippen LogP contribution in [0.25, 0.3) is 0 Å².